The highest BCUT2D eigenvalue weighted by atomic mass is 15.2. The van der Waals surface area contributed by atoms with Gasteiger partial charge in [-0.1, -0.05) is 44.2 Å². The van der Waals surface area contributed by atoms with Gasteiger partial charge in [-0.3, -0.25) is 16.3 Å². The van der Waals surface area contributed by atoms with Crippen LogP contribution in [-0.2, 0) is 0 Å². The van der Waals surface area contributed by atoms with E-state index in [0.717, 1.165) is 17.9 Å². The van der Waals surface area contributed by atoms with E-state index >= 15 is 0 Å². The lowest BCUT2D eigenvalue weighted by Gasteiger charge is -2.24. The highest BCUT2D eigenvalue weighted by Gasteiger charge is 2.17. The van der Waals surface area contributed by atoms with Crippen molar-refractivity contribution in [3.63, 3.8) is 0 Å². The fraction of sp³-hybridized carbons (Fsp3) is 0.500. The van der Waals surface area contributed by atoms with Gasteiger partial charge in [0.25, 0.3) is 0 Å². The van der Waals surface area contributed by atoms with Crippen molar-refractivity contribution in [3.8, 4) is 0 Å². The summed E-state index contributed by atoms with van der Waals surface area (Å²) in [4.78, 5) is 4.38. The van der Waals surface area contributed by atoms with Crippen LogP contribution in [0.3, 0.4) is 0 Å². The third kappa shape index (κ3) is 3.60. The molecule has 1 atom stereocenters. The molecule has 0 aliphatic heterocycles. The van der Waals surface area contributed by atoms with E-state index in [9.17, 15) is 0 Å². The molecule has 3 N–H and O–H groups in total. The van der Waals surface area contributed by atoms with Gasteiger partial charge in [-0.2, -0.15) is 0 Å². The van der Waals surface area contributed by atoms with Crippen LogP contribution in [0.15, 0.2) is 36.5 Å². The Morgan fingerprint density at radius 3 is 2.86 bits per heavy atom. The molecule has 1 saturated carbocycles. The molecule has 0 saturated heterocycles. The number of aromatic nitrogens is 1. The third-order valence-corrected chi connectivity index (χ3v) is 4.82. The molecule has 1 fully saturated rings. The predicted molar refractivity (Wildman–Crippen MR) is 87.6 cm³/mol. The number of hydrazine groups is 1. The number of nitrogens with two attached hydrogens (primary N) is 1. The Morgan fingerprint density at radius 2 is 2.05 bits per heavy atom. The quantitative estimate of drug-likeness (QED) is 0.641. The number of fused-ring (bicyclic) bond motifs is 1. The Balaban J connectivity index is 1.68. The molecule has 1 aliphatic carbocycles. The largest absolute Gasteiger partial charge is 0.271 e. The second-order valence-electron chi connectivity index (χ2n) is 6.26. The van der Waals surface area contributed by atoms with Crippen LogP contribution in [0.2, 0.25) is 0 Å². The SMILES string of the molecule is NNC(CCC1CCCCC1)c1ccc2ncccc2c1. The van der Waals surface area contributed by atoms with Crippen molar-refractivity contribution >= 4 is 10.9 Å². The molecular weight excluding hydrogens is 258 g/mol. The first-order chi connectivity index (χ1) is 10.4. The summed E-state index contributed by atoms with van der Waals surface area (Å²) in [6.45, 7) is 0. The predicted octanol–water partition coefficient (Wildman–Crippen LogP) is 4.10. The summed E-state index contributed by atoms with van der Waals surface area (Å²) in [7, 11) is 0. The Morgan fingerprint density at radius 1 is 1.19 bits per heavy atom. The summed E-state index contributed by atoms with van der Waals surface area (Å²) in [5.41, 5.74) is 5.32. The summed E-state index contributed by atoms with van der Waals surface area (Å²) in [6, 6.07) is 10.8. The molecule has 1 aromatic carbocycles. The molecule has 112 valence electrons. The minimum Gasteiger partial charge on any atom is -0.271 e. The second-order valence-corrected chi connectivity index (χ2v) is 6.26. The van der Waals surface area contributed by atoms with Gasteiger partial charge >= 0.3 is 0 Å². The summed E-state index contributed by atoms with van der Waals surface area (Å²) < 4.78 is 0. The van der Waals surface area contributed by atoms with E-state index in [1.807, 2.05) is 12.3 Å². The van der Waals surface area contributed by atoms with Gasteiger partial charge in [0.05, 0.1) is 5.52 Å². The zero-order chi connectivity index (χ0) is 14.5. The molecule has 3 nitrogen and oxygen atoms in total. The smallest absolute Gasteiger partial charge is 0.0702 e. The molecule has 3 heteroatoms. The highest BCUT2D eigenvalue weighted by molar-refractivity contribution is 5.79. The van der Waals surface area contributed by atoms with E-state index in [0.29, 0.717) is 0 Å². The first kappa shape index (κ1) is 14.5. The first-order valence-corrected chi connectivity index (χ1v) is 8.17. The number of nitrogens with zero attached hydrogens (tertiary/aromatic N) is 1. The lowest BCUT2D eigenvalue weighted by Crippen LogP contribution is -2.28. The fourth-order valence-corrected chi connectivity index (χ4v) is 3.54. The number of benzene rings is 1. The summed E-state index contributed by atoms with van der Waals surface area (Å²) in [5.74, 6) is 6.70. The van der Waals surface area contributed by atoms with Crippen molar-refractivity contribution in [2.45, 2.75) is 51.0 Å². The van der Waals surface area contributed by atoms with E-state index in [1.165, 1.54) is 49.5 Å². The number of hydrogen-bond acceptors (Lipinski definition) is 3. The van der Waals surface area contributed by atoms with E-state index in [4.69, 9.17) is 5.84 Å². The molecule has 3 rings (SSSR count). The van der Waals surface area contributed by atoms with Gasteiger partial charge in [-0.05, 0) is 42.5 Å². The molecule has 2 aromatic rings. The van der Waals surface area contributed by atoms with Crippen molar-refractivity contribution < 1.29 is 0 Å². The Hall–Kier alpha value is -1.45. The average molecular weight is 283 g/mol. The van der Waals surface area contributed by atoms with Gasteiger partial charge in [0.15, 0.2) is 0 Å². The number of pyridine rings is 1. The van der Waals surface area contributed by atoms with Gasteiger partial charge < -0.3 is 0 Å². The van der Waals surface area contributed by atoms with Gasteiger partial charge in [0.2, 0.25) is 0 Å². The summed E-state index contributed by atoms with van der Waals surface area (Å²) in [6.07, 6.45) is 11.3. The normalized spacial score (nSPS) is 18.0. The molecule has 0 amide bonds. The van der Waals surface area contributed by atoms with Crippen molar-refractivity contribution in [1.29, 1.82) is 0 Å². The molecule has 0 bridgehead atoms. The van der Waals surface area contributed by atoms with Gasteiger partial charge in [0.1, 0.15) is 0 Å². The van der Waals surface area contributed by atoms with Crippen LogP contribution in [-0.4, -0.2) is 4.98 Å². The van der Waals surface area contributed by atoms with Crippen molar-refractivity contribution in [3.05, 3.63) is 42.1 Å². The molecule has 0 spiro atoms. The van der Waals surface area contributed by atoms with E-state index in [-0.39, 0.29) is 6.04 Å². The van der Waals surface area contributed by atoms with E-state index < -0.39 is 0 Å². The van der Waals surface area contributed by atoms with Crippen LogP contribution in [0.25, 0.3) is 10.9 Å². The lowest BCUT2D eigenvalue weighted by atomic mass is 9.84. The first-order valence-electron chi connectivity index (χ1n) is 8.17. The monoisotopic (exact) mass is 283 g/mol. The third-order valence-electron chi connectivity index (χ3n) is 4.82. The Labute approximate surface area is 126 Å². The number of nitrogens with one attached hydrogen (secondary N) is 1. The minimum atomic E-state index is 0.247. The fourth-order valence-electron chi connectivity index (χ4n) is 3.54. The second kappa shape index (κ2) is 7.01. The zero-order valence-electron chi connectivity index (χ0n) is 12.6. The highest BCUT2D eigenvalue weighted by Crippen LogP contribution is 2.30. The van der Waals surface area contributed by atoms with Crippen LogP contribution in [0.5, 0.6) is 0 Å². The molecular formula is C18H25N3. The van der Waals surface area contributed by atoms with Gasteiger partial charge in [-0.25, -0.2) is 0 Å². The Kier molecular flexibility index (Phi) is 4.84. The van der Waals surface area contributed by atoms with Gasteiger partial charge in [-0.15, -0.1) is 0 Å². The Bertz CT molecular complexity index is 575. The minimum absolute atomic E-state index is 0.247. The van der Waals surface area contributed by atoms with Crippen molar-refractivity contribution in [2.75, 3.05) is 0 Å². The van der Waals surface area contributed by atoms with Crippen LogP contribution in [0.1, 0.15) is 56.6 Å². The van der Waals surface area contributed by atoms with E-state index in [1.54, 1.807) is 0 Å². The number of rotatable bonds is 5. The maximum Gasteiger partial charge on any atom is 0.0702 e. The van der Waals surface area contributed by atoms with Crippen LogP contribution >= 0.6 is 0 Å². The summed E-state index contributed by atoms with van der Waals surface area (Å²) >= 11 is 0. The molecule has 1 heterocycles. The van der Waals surface area contributed by atoms with Crippen LogP contribution < -0.4 is 11.3 Å². The topological polar surface area (TPSA) is 50.9 Å². The average Bonchev–Trinajstić information content (AvgIpc) is 2.56. The van der Waals surface area contributed by atoms with Crippen molar-refractivity contribution in [2.24, 2.45) is 11.8 Å². The van der Waals surface area contributed by atoms with Gasteiger partial charge in [0, 0.05) is 17.6 Å². The maximum atomic E-state index is 5.80. The van der Waals surface area contributed by atoms with E-state index in [2.05, 4.69) is 34.7 Å². The van der Waals surface area contributed by atoms with Crippen molar-refractivity contribution in [1.82, 2.24) is 10.4 Å². The maximum absolute atomic E-state index is 5.80. The molecule has 21 heavy (non-hydrogen) atoms. The zero-order valence-corrected chi connectivity index (χ0v) is 12.6. The van der Waals surface area contributed by atoms with Crippen LogP contribution in [0, 0.1) is 5.92 Å². The summed E-state index contributed by atoms with van der Waals surface area (Å²) in [5, 5.41) is 1.19. The molecule has 1 aliphatic rings. The molecule has 0 radical (unpaired) electrons. The standard InChI is InChI=1S/C18H25N3/c19-21-18(10-8-14-5-2-1-3-6-14)16-9-11-17-15(13-16)7-4-12-20-17/h4,7,9,11-14,18,21H,1-3,5-6,8,10,19H2. The molecule has 1 aromatic heterocycles. The lowest BCUT2D eigenvalue weighted by molar-refractivity contribution is 0.315. The molecule has 1 unspecified atom stereocenters. The van der Waals surface area contributed by atoms with Crippen LogP contribution in [0.4, 0.5) is 0 Å². The number of hydrogen-bond donors (Lipinski definition) is 2.